The molecule has 2 aromatic carbocycles. The number of rotatable bonds is 6. The number of benzene rings is 2. The normalized spacial score (nSPS) is 11.2. The van der Waals surface area contributed by atoms with E-state index in [2.05, 4.69) is 0 Å². The molecule has 0 spiro atoms. The van der Waals surface area contributed by atoms with Crippen LogP contribution in [0.15, 0.2) is 54.6 Å². The SMILES string of the molecule is O=S(=O)(Cl)CCc1ccc(OCc2ccccc2)cc1. The van der Waals surface area contributed by atoms with Crippen LogP contribution in [0.25, 0.3) is 0 Å². The van der Waals surface area contributed by atoms with E-state index in [0.29, 0.717) is 13.0 Å². The van der Waals surface area contributed by atoms with Crippen LogP contribution >= 0.6 is 10.7 Å². The molecule has 0 fully saturated rings. The highest BCUT2D eigenvalue weighted by atomic mass is 35.7. The summed E-state index contributed by atoms with van der Waals surface area (Å²) >= 11 is 0. The fraction of sp³-hybridized carbons (Fsp3) is 0.200. The molecule has 0 saturated carbocycles. The monoisotopic (exact) mass is 310 g/mol. The molecule has 0 aliphatic rings. The summed E-state index contributed by atoms with van der Waals surface area (Å²) in [6.45, 7) is 0.510. The molecule has 2 aromatic rings. The molecular weight excluding hydrogens is 296 g/mol. The Hall–Kier alpha value is -1.52. The minimum absolute atomic E-state index is 0.0568. The van der Waals surface area contributed by atoms with E-state index in [4.69, 9.17) is 15.4 Å². The second kappa shape index (κ2) is 6.77. The van der Waals surface area contributed by atoms with E-state index in [9.17, 15) is 8.42 Å². The highest BCUT2D eigenvalue weighted by molar-refractivity contribution is 8.13. The lowest BCUT2D eigenvalue weighted by Crippen LogP contribution is -2.01. The Morgan fingerprint density at radius 3 is 2.15 bits per heavy atom. The molecule has 5 heteroatoms. The van der Waals surface area contributed by atoms with Gasteiger partial charge < -0.3 is 4.74 Å². The van der Waals surface area contributed by atoms with Gasteiger partial charge in [0.1, 0.15) is 12.4 Å². The van der Waals surface area contributed by atoms with Crippen LogP contribution in [0.4, 0.5) is 0 Å². The van der Waals surface area contributed by atoms with Crippen LogP contribution in [0, 0.1) is 0 Å². The number of hydrogen-bond donors (Lipinski definition) is 0. The summed E-state index contributed by atoms with van der Waals surface area (Å²) in [6.07, 6.45) is 0.408. The van der Waals surface area contributed by atoms with Crippen molar-refractivity contribution in [3.05, 3.63) is 65.7 Å². The molecule has 0 bridgehead atoms. The Kier molecular flexibility index (Phi) is 5.04. The maximum absolute atomic E-state index is 10.9. The minimum atomic E-state index is -3.44. The van der Waals surface area contributed by atoms with Crippen molar-refractivity contribution in [3.8, 4) is 5.75 Å². The molecule has 3 nitrogen and oxygen atoms in total. The Bertz CT molecular complexity index is 637. The molecule has 20 heavy (non-hydrogen) atoms. The maximum Gasteiger partial charge on any atom is 0.232 e. The van der Waals surface area contributed by atoms with Gasteiger partial charge in [-0.1, -0.05) is 42.5 Å². The van der Waals surface area contributed by atoms with E-state index in [0.717, 1.165) is 16.9 Å². The van der Waals surface area contributed by atoms with Gasteiger partial charge in [0.15, 0.2) is 0 Å². The molecule has 0 amide bonds. The lowest BCUT2D eigenvalue weighted by atomic mass is 10.2. The van der Waals surface area contributed by atoms with Crippen molar-refractivity contribution >= 4 is 19.7 Å². The predicted octanol–water partition coefficient (Wildman–Crippen LogP) is 3.38. The fourth-order valence-electron chi connectivity index (χ4n) is 1.73. The molecule has 0 N–H and O–H groups in total. The van der Waals surface area contributed by atoms with Crippen molar-refractivity contribution in [2.75, 3.05) is 5.75 Å². The lowest BCUT2D eigenvalue weighted by molar-refractivity contribution is 0.306. The zero-order chi connectivity index (χ0) is 14.4. The molecule has 0 aliphatic carbocycles. The second-order valence-corrected chi connectivity index (χ2v) is 7.31. The summed E-state index contributed by atoms with van der Waals surface area (Å²) in [7, 11) is 1.74. The summed E-state index contributed by atoms with van der Waals surface area (Å²) in [6, 6.07) is 17.3. The van der Waals surface area contributed by atoms with Crippen molar-refractivity contribution < 1.29 is 13.2 Å². The van der Waals surface area contributed by atoms with Gasteiger partial charge in [0, 0.05) is 10.7 Å². The Morgan fingerprint density at radius 1 is 0.900 bits per heavy atom. The van der Waals surface area contributed by atoms with Crippen LogP contribution in [0.1, 0.15) is 11.1 Å². The average molecular weight is 311 g/mol. The standard InChI is InChI=1S/C15H15ClO3S/c16-20(17,18)11-10-13-6-8-15(9-7-13)19-12-14-4-2-1-3-5-14/h1-9H,10-12H2. The molecule has 106 valence electrons. The van der Waals surface area contributed by atoms with E-state index in [-0.39, 0.29) is 5.75 Å². The zero-order valence-corrected chi connectivity index (χ0v) is 12.4. The van der Waals surface area contributed by atoms with Gasteiger partial charge in [-0.3, -0.25) is 0 Å². The molecule has 0 heterocycles. The third-order valence-electron chi connectivity index (χ3n) is 2.81. The number of ether oxygens (including phenoxy) is 1. The van der Waals surface area contributed by atoms with E-state index in [1.54, 1.807) is 0 Å². The van der Waals surface area contributed by atoms with Crippen LogP contribution in [0.5, 0.6) is 5.75 Å². The largest absolute Gasteiger partial charge is 0.489 e. The molecule has 0 aliphatic heterocycles. The van der Waals surface area contributed by atoms with Gasteiger partial charge in [-0.2, -0.15) is 0 Å². The Balaban J connectivity index is 1.88. The first-order valence-electron chi connectivity index (χ1n) is 6.21. The Labute approximate surface area is 123 Å². The zero-order valence-electron chi connectivity index (χ0n) is 10.8. The second-order valence-electron chi connectivity index (χ2n) is 4.41. The van der Waals surface area contributed by atoms with Gasteiger partial charge in [0.05, 0.1) is 5.75 Å². The van der Waals surface area contributed by atoms with Crippen molar-refractivity contribution in [2.24, 2.45) is 0 Å². The van der Waals surface area contributed by atoms with Crippen LogP contribution < -0.4 is 4.74 Å². The third kappa shape index (κ3) is 5.23. The van der Waals surface area contributed by atoms with E-state index in [1.165, 1.54) is 0 Å². The predicted molar refractivity (Wildman–Crippen MR) is 80.6 cm³/mol. The topological polar surface area (TPSA) is 43.4 Å². The van der Waals surface area contributed by atoms with Crippen LogP contribution in [0.2, 0.25) is 0 Å². The van der Waals surface area contributed by atoms with Crippen LogP contribution in [-0.2, 0) is 22.1 Å². The molecule has 2 rings (SSSR count). The van der Waals surface area contributed by atoms with E-state index >= 15 is 0 Å². The van der Waals surface area contributed by atoms with Crippen molar-refractivity contribution in [1.82, 2.24) is 0 Å². The lowest BCUT2D eigenvalue weighted by Gasteiger charge is -2.07. The smallest absolute Gasteiger partial charge is 0.232 e. The van der Waals surface area contributed by atoms with Gasteiger partial charge in [-0.25, -0.2) is 8.42 Å². The number of hydrogen-bond acceptors (Lipinski definition) is 3. The Morgan fingerprint density at radius 2 is 1.55 bits per heavy atom. The van der Waals surface area contributed by atoms with Gasteiger partial charge >= 0.3 is 0 Å². The third-order valence-corrected chi connectivity index (χ3v) is 3.96. The first-order chi connectivity index (χ1) is 9.53. The van der Waals surface area contributed by atoms with Crippen LogP contribution in [0.3, 0.4) is 0 Å². The average Bonchev–Trinajstić information content (AvgIpc) is 2.44. The highest BCUT2D eigenvalue weighted by Gasteiger charge is 2.05. The van der Waals surface area contributed by atoms with E-state index in [1.807, 2.05) is 54.6 Å². The fourth-order valence-corrected chi connectivity index (χ4v) is 2.44. The van der Waals surface area contributed by atoms with Gasteiger partial charge in [-0.05, 0) is 29.7 Å². The van der Waals surface area contributed by atoms with E-state index < -0.39 is 9.05 Å². The molecule has 0 radical (unpaired) electrons. The van der Waals surface area contributed by atoms with Crippen molar-refractivity contribution in [2.45, 2.75) is 13.0 Å². The van der Waals surface area contributed by atoms with Gasteiger partial charge in [0.25, 0.3) is 0 Å². The number of aryl methyl sites for hydroxylation is 1. The number of halogens is 1. The van der Waals surface area contributed by atoms with Gasteiger partial charge in [0.2, 0.25) is 9.05 Å². The van der Waals surface area contributed by atoms with Gasteiger partial charge in [-0.15, -0.1) is 0 Å². The summed E-state index contributed by atoms with van der Waals surface area (Å²) in [4.78, 5) is 0. The summed E-state index contributed by atoms with van der Waals surface area (Å²) < 4.78 is 27.4. The summed E-state index contributed by atoms with van der Waals surface area (Å²) in [5.74, 6) is 0.699. The first kappa shape index (κ1) is 14.9. The molecule has 0 aromatic heterocycles. The van der Waals surface area contributed by atoms with Crippen molar-refractivity contribution in [1.29, 1.82) is 0 Å². The molecule has 0 unspecified atom stereocenters. The maximum atomic E-state index is 10.9. The minimum Gasteiger partial charge on any atom is -0.489 e. The highest BCUT2D eigenvalue weighted by Crippen LogP contribution is 2.15. The summed E-state index contributed by atoms with van der Waals surface area (Å²) in [5.41, 5.74) is 2.02. The quantitative estimate of drug-likeness (QED) is 0.768. The summed E-state index contributed by atoms with van der Waals surface area (Å²) in [5, 5.41) is 0. The molecular formula is C15H15ClO3S. The molecule has 0 atom stereocenters. The first-order valence-corrected chi connectivity index (χ1v) is 8.69. The van der Waals surface area contributed by atoms with Crippen LogP contribution in [-0.4, -0.2) is 14.2 Å². The molecule has 0 saturated heterocycles. The van der Waals surface area contributed by atoms with Crippen molar-refractivity contribution in [3.63, 3.8) is 0 Å².